The summed E-state index contributed by atoms with van der Waals surface area (Å²) in [6.07, 6.45) is 1.08. The number of carbonyl (C=O) groups excluding carboxylic acids is 2. The second-order valence-corrected chi connectivity index (χ2v) is 8.44. The van der Waals surface area contributed by atoms with Gasteiger partial charge >= 0.3 is 6.03 Å². The van der Waals surface area contributed by atoms with Crippen LogP contribution < -0.4 is 10.6 Å². The highest BCUT2D eigenvalue weighted by atomic mass is 35.5. The highest BCUT2D eigenvalue weighted by molar-refractivity contribution is 6.42. The fourth-order valence-corrected chi connectivity index (χ4v) is 4.02. The second kappa shape index (κ2) is 9.98. The van der Waals surface area contributed by atoms with E-state index in [4.69, 9.17) is 23.2 Å². The molecule has 2 aliphatic heterocycles. The van der Waals surface area contributed by atoms with Gasteiger partial charge in [-0.05, 0) is 31.5 Å². The molecule has 9 heteroatoms. The van der Waals surface area contributed by atoms with E-state index in [1.54, 1.807) is 23.1 Å². The van der Waals surface area contributed by atoms with Crippen LogP contribution in [0.4, 0.5) is 10.5 Å². The molecule has 0 saturated carbocycles. The molecule has 0 aromatic heterocycles. The summed E-state index contributed by atoms with van der Waals surface area (Å²) in [5.41, 5.74) is 0.597. The van der Waals surface area contributed by atoms with Crippen LogP contribution in [-0.4, -0.2) is 84.5 Å². The molecule has 2 N–H and O–H groups in total. The van der Waals surface area contributed by atoms with Crippen LogP contribution in [0.5, 0.6) is 0 Å². The van der Waals surface area contributed by atoms with Gasteiger partial charge in [-0.2, -0.15) is 0 Å². The Morgan fingerprint density at radius 1 is 1.14 bits per heavy atom. The van der Waals surface area contributed by atoms with Crippen LogP contribution in [0.2, 0.25) is 10.0 Å². The molecule has 2 heterocycles. The van der Waals surface area contributed by atoms with Crippen molar-refractivity contribution < 1.29 is 9.59 Å². The first-order valence-electron chi connectivity index (χ1n) is 10.2. The molecule has 2 fully saturated rings. The molecule has 1 aromatic carbocycles. The third kappa shape index (κ3) is 5.54. The molecule has 0 bridgehead atoms. The third-order valence-electron chi connectivity index (χ3n) is 5.77. The van der Waals surface area contributed by atoms with Crippen LogP contribution in [0.25, 0.3) is 0 Å². The van der Waals surface area contributed by atoms with E-state index in [0.717, 1.165) is 26.1 Å². The van der Waals surface area contributed by atoms with Crippen molar-refractivity contribution in [3.05, 3.63) is 28.2 Å². The summed E-state index contributed by atoms with van der Waals surface area (Å²) in [5.74, 6) is 0.127. The van der Waals surface area contributed by atoms with Crippen LogP contribution in [-0.2, 0) is 4.79 Å². The summed E-state index contributed by atoms with van der Waals surface area (Å²) in [6, 6.07) is 5.09. The van der Waals surface area contributed by atoms with Gasteiger partial charge in [0.1, 0.15) is 0 Å². The average molecular weight is 442 g/mol. The van der Waals surface area contributed by atoms with E-state index in [0.29, 0.717) is 48.0 Å². The van der Waals surface area contributed by atoms with Crippen molar-refractivity contribution in [2.45, 2.75) is 32.4 Å². The number of halogens is 2. The number of hydrogen-bond donors (Lipinski definition) is 2. The molecule has 160 valence electrons. The SMILES string of the molecule is CCC(C)N1CCN[C@@H](C(=O)N2CCN(C(=O)Nc3ccc(Cl)c(Cl)c3)CC2)C1. The molecule has 1 unspecified atom stereocenters. The van der Waals surface area contributed by atoms with E-state index in [-0.39, 0.29) is 18.0 Å². The van der Waals surface area contributed by atoms with E-state index in [9.17, 15) is 9.59 Å². The summed E-state index contributed by atoms with van der Waals surface area (Å²) in [7, 11) is 0. The van der Waals surface area contributed by atoms with Gasteiger partial charge < -0.3 is 20.4 Å². The zero-order valence-corrected chi connectivity index (χ0v) is 18.5. The van der Waals surface area contributed by atoms with Crippen LogP contribution in [0.1, 0.15) is 20.3 Å². The van der Waals surface area contributed by atoms with Gasteiger partial charge in [0.2, 0.25) is 5.91 Å². The van der Waals surface area contributed by atoms with Crippen LogP contribution in [0.15, 0.2) is 18.2 Å². The molecule has 2 saturated heterocycles. The average Bonchev–Trinajstić information content (AvgIpc) is 2.75. The first-order valence-corrected chi connectivity index (χ1v) is 10.9. The number of benzene rings is 1. The van der Waals surface area contributed by atoms with E-state index >= 15 is 0 Å². The normalized spacial score (nSPS) is 21.7. The molecule has 3 amide bonds. The van der Waals surface area contributed by atoms with E-state index in [1.165, 1.54) is 0 Å². The van der Waals surface area contributed by atoms with Crippen molar-refractivity contribution in [3.8, 4) is 0 Å². The Labute approximate surface area is 182 Å². The van der Waals surface area contributed by atoms with Gasteiger partial charge in [-0.15, -0.1) is 0 Å². The molecule has 3 rings (SSSR count). The van der Waals surface area contributed by atoms with Crippen molar-refractivity contribution in [2.75, 3.05) is 51.1 Å². The van der Waals surface area contributed by atoms with Crippen molar-refractivity contribution in [1.29, 1.82) is 0 Å². The number of urea groups is 1. The molecule has 2 atom stereocenters. The maximum atomic E-state index is 12.9. The van der Waals surface area contributed by atoms with E-state index in [1.807, 2.05) is 4.90 Å². The number of piperazine rings is 2. The Morgan fingerprint density at radius 3 is 2.48 bits per heavy atom. The Balaban J connectivity index is 1.49. The van der Waals surface area contributed by atoms with Gasteiger partial charge in [0.05, 0.1) is 16.1 Å². The predicted molar refractivity (Wildman–Crippen MR) is 117 cm³/mol. The summed E-state index contributed by atoms with van der Waals surface area (Å²) >= 11 is 11.9. The lowest BCUT2D eigenvalue weighted by Crippen LogP contribution is -2.61. The number of rotatable bonds is 4. The monoisotopic (exact) mass is 441 g/mol. The maximum absolute atomic E-state index is 12.9. The Morgan fingerprint density at radius 2 is 1.83 bits per heavy atom. The van der Waals surface area contributed by atoms with Crippen molar-refractivity contribution in [1.82, 2.24) is 20.0 Å². The fraction of sp³-hybridized carbons (Fsp3) is 0.600. The molecule has 29 heavy (non-hydrogen) atoms. The summed E-state index contributed by atoms with van der Waals surface area (Å²) in [5, 5.41) is 7.02. The lowest BCUT2D eigenvalue weighted by atomic mass is 10.1. The Kier molecular flexibility index (Phi) is 7.62. The van der Waals surface area contributed by atoms with E-state index < -0.39 is 0 Å². The highest BCUT2D eigenvalue weighted by Gasteiger charge is 2.32. The Hall–Kier alpha value is -1.54. The summed E-state index contributed by atoms with van der Waals surface area (Å²) < 4.78 is 0. The largest absolute Gasteiger partial charge is 0.338 e. The van der Waals surface area contributed by atoms with Crippen LogP contribution in [0, 0.1) is 0 Å². The van der Waals surface area contributed by atoms with Crippen LogP contribution >= 0.6 is 23.2 Å². The number of nitrogens with zero attached hydrogens (tertiary/aromatic N) is 3. The lowest BCUT2D eigenvalue weighted by Gasteiger charge is -2.40. The molecule has 0 radical (unpaired) electrons. The lowest BCUT2D eigenvalue weighted by molar-refractivity contribution is -0.136. The van der Waals surface area contributed by atoms with Gasteiger partial charge in [0, 0.05) is 57.5 Å². The number of nitrogens with one attached hydrogen (secondary N) is 2. The fourth-order valence-electron chi connectivity index (χ4n) is 3.72. The standard InChI is InChI=1S/C20H29Cl2N5O2/c1-3-14(2)27-7-6-23-18(13-27)19(28)25-8-10-26(11-9-25)20(29)24-15-4-5-16(21)17(22)12-15/h4-5,12,14,18,23H,3,6-11,13H2,1-2H3,(H,24,29)/t14?,18-/m1/s1. The first kappa shape index (κ1) is 22.2. The van der Waals surface area contributed by atoms with Gasteiger partial charge in [-0.1, -0.05) is 30.1 Å². The molecular weight excluding hydrogens is 413 g/mol. The molecule has 0 aliphatic carbocycles. The van der Waals surface area contributed by atoms with E-state index in [2.05, 4.69) is 29.4 Å². The van der Waals surface area contributed by atoms with Crippen molar-refractivity contribution in [2.24, 2.45) is 0 Å². The van der Waals surface area contributed by atoms with Crippen LogP contribution in [0.3, 0.4) is 0 Å². The van der Waals surface area contributed by atoms with Crippen molar-refractivity contribution in [3.63, 3.8) is 0 Å². The quantitative estimate of drug-likeness (QED) is 0.753. The smallest absolute Gasteiger partial charge is 0.321 e. The number of anilines is 1. The van der Waals surface area contributed by atoms with Gasteiger partial charge in [-0.25, -0.2) is 4.79 Å². The topological polar surface area (TPSA) is 67.9 Å². The zero-order valence-electron chi connectivity index (χ0n) is 17.0. The molecule has 0 spiro atoms. The molecule has 2 aliphatic rings. The zero-order chi connectivity index (χ0) is 21.0. The number of carbonyl (C=O) groups is 2. The third-order valence-corrected chi connectivity index (χ3v) is 6.51. The minimum Gasteiger partial charge on any atom is -0.338 e. The number of hydrogen-bond acceptors (Lipinski definition) is 4. The Bertz CT molecular complexity index is 740. The molecular formula is C20H29Cl2N5O2. The van der Waals surface area contributed by atoms with Gasteiger partial charge in [-0.3, -0.25) is 9.69 Å². The van der Waals surface area contributed by atoms with Crippen molar-refractivity contribution >= 4 is 40.8 Å². The molecule has 7 nitrogen and oxygen atoms in total. The summed E-state index contributed by atoms with van der Waals surface area (Å²) in [6.45, 7) is 9.00. The minimum atomic E-state index is -0.200. The predicted octanol–water partition coefficient (Wildman–Crippen LogP) is 2.74. The maximum Gasteiger partial charge on any atom is 0.321 e. The van der Waals surface area contributed by atoms with Gasteiger partial charge in [0.15, 0.2) is 0 Å². The number of amides is 3. The summed E-state index contributed by atoms with van der Waals surface area (Å²) in [4.78, 5) is 31.4. The first-order chi connectivity index (χ1) is 13.9. The minimum absolute atomic E-state index is 0.127. The second-order valence-electron chi connectivity index (χ2n) is 7.63. The van der Waals surface area contributed by atoms with Gasteiger partial charge in [0.25, 0.3) is 0 Å². The molecule has 1 aromatic rings. The highest BCUT2D eigenvalue weighted by Crippen LogP contribution is 2.25.